The third kappa shape index (κ3) is 3.17. The van der Waals surface area contributed by atoms with Crippen LogP contribution in [0.1, 0.15) is 11.1 Å². The number of rotatable bonds is 4. The van der Waals surface area contributed by atoms with Gasteiger partial charge in [-0.05, 0) is 30.7 Å². The van der Waals surface area contributed by atoms with Gasteiger partial charge in [0.05, 0.1) is 16.8 Å². The molecular formula is C16H14Cl2N4OS. The fourth-order valence-corrected chi connectivity index (χ4v) is 4.23. The van der Waals surface area contributed by atoms with Gasteiger partial charge in [-0.2, -0.15) is 0 Å². The van der Waals surface area contributed by atoms with Crippen LogP contribution in [0.4, 0.5) is 5.69 Å². The summed E-state index contributed by atoms with van der Waals surface area (Å²) in [5.74, 6) is -0.505. The van der Waals surface area contributed by atoms with Gasteiger partial charge >= 0.3 is 0 Å². The molecule has 2 aromatic rings. The Kier molecular flexibility index (Phi) is 4.62. The molecule has 3 rings (SSSR count). The Balaban J connectivity index is 2.06. The number of hydrogen-bond acceptors (Lipinski definition) is 5. The van der Waals surface area contributed by atoms with Gasteiger partial charge in [-0.25, -0.2) is 4.98 Å². The van der Waals surface area contributed by atoms with Crippen LogP contribution in [0.2, 0.25) is 10.2 Å². The fourth-order valence-electron chi connectivity index (χ4n) is 2.49. The smallest absolute Gasteiger partial charge is 0.256 e. The Labute approximate surface area is 153 Å². The van der Waals surface area contributed by atoms with E-state index >= 15 is 0 Å². The summed E-state index contributed by atoms with van der Waals surface area (Å²) in [5.41, 5.74) is 7.94. The Hall–Kier alpha value is -1.89. The van der Waals surface area contributed by atoms with Gasteiger partial charge in [0.15, 0.2) is 4.99 Å². The molecule has 0 saturated heterocycles. The van der Waals surface area contributed by atoms with E-state index in [1.807, 2.05) is 19.1 Å². The maximum Gasteiger partial charge on any atom is 0.256 e. The lowest BCUT2D eigenvalue weighted by Crippen LogP contribution is -2.42. The van der Waals surface area contributed by atoms with Gasteiger partial charge in [-0.3, -0.25) is 4.79 Å². The monoisotopic (exact) mass is 380 g/mol. The molecule has 0 bridgehead atoms. The zero-order valence-electron chi connectivity index (χ0n) is 12.6. The summed E-state index contributed by atoms with van der Waals surface area (Å²) in [6.07, 6.45) is 3.20. The quantitative estimate of drug-likeness (QED) is 0.706. The SMILES string of the molecule is Cc1cccc(Cl)c1C1(Nc2ccc(Cl)nc2)NC=C(C(N)=O)S1. The van der Waals surface area contributed by atoms with Crippen LogP contribution in [-0.4, -0.2) is 10.9 Å². The van der Waals surface area contributed by atoms with E-state index in [-0.39, 0.29) is 0 Å². The lowest BCUT2D eigenvalue weighted by molar-refractivity contribution is -0.113. The molecule has 124 valence electrons. The van der Waals surface area contributed by atoms with Crippen LogP contribution in [0.25, 0.3) is 0 Å². The highest BCUT2D eigenvalue weighted by molar-refractivity contribution is 8.05. The first-order valence-corrected chi connectivity index (χ1v) is 8.60. The molecule has 0 aliphatic carbocycles. The minimum Gasteiger partial charge on any atom is -0.365 e. The number of anilines is 1. The van der Waals surface area contributed by atoms with Crippen LogP contribution < -0.4 is 16.4 Å². The number of nitrogens with zero attached hydrogens (tertiary/aromatic N) is 1. The highest BCUT2D eigenvalue weighted by Crippen LogP contribution is 2.46. The second-order valence-corrected chi connectivity index (χ2v) is 7.28. The number of thioether (sulfide) groups is 1. The molecule has 8 heteroatoms. The third-order valence-corrected chi connectivity index (χ3v) is 5.34. The summed E-state index contributed by atoms with van der Waals surface area (Å²) in [6.45, 7) is 1.95. The second-order valence-electron chi connectivity index (χ2n) is 5.23. The molecule has 1 aromatic heterocycles. The molecule has 1 aliphatic rings. The third-order valence-electron chi connectivity index (χ3n) is 3.53. The van der Waals surface area contributed by atoms with Crippen LogP contribution in [0.5, 0.6) is 0 Å². The number of aryl methyl sites for hydroxylation is 1. The Morgan fingerprint density at radius 1 is 1.33 bits per heavy atom. The zero-order chi connectivity index (χ0) is 17.3. The average Bonchev–Trinajstić information content (AvgIpc) is 2.95. The fraction of sp³-hybridized carbons (Fsp3) is 0.125. The van der Waals surface area contributed by atoms with Crippen molar-refractivity contribution in [3.8, 4) is 0 Å². The molecule has 0 fully saturated rings. The molecule has 4 N–H and O–H groups in total. The molecule has 2 heterocycles. The first-order valence-electron chi connectivity index (χ1n) is 7.03. The number of pyridine rings is 1. The number of nitrogens with one attached hydrogen (secondary N) is 2. The van der Waals surface area contributed by atoms with E-state index in [9.17, 15) is 4.79 Å². The Morgan fingerprint density at radius 2 is 2.12 bits per heavy atom. The summed E-state index contributed by atoms with van der Waals surface area (Å²) in [4.78, 5) is 15.2. The highest BCUT2D eigenvalue weighted by Gasteiger charge is 2.41. The molecule has 1 aliphatic heterocycles. The molecule has 5 nitrogen and oxygen atoms in total. The Morgan fingerprint density at radius 3 is 2.71 bits per heavy atom. The van der Waals surface area contributed by atoms with E-state index in [0.29, 0.717) is 15.1 Å². The summed E-state index contributed by atoms with van der Waals surface area (Å²) < 4.78 is 0. The van der Waals surface area contributed by atoms with Crippen LogP contribution >= 0.6 is 35.0 Å². The van der Waals surface area contributed by atoms with Crippen LogP contribution in [0.15, 0.2) is 47.6 Å². The van der Waals surface area contributed by atoms with Crippen molar-refractivity contribution in [2.45, 2.75) is 11.9 Å². The van der Waals surface area contributed by atoms with Crippen molar-refractivity contribution >= 4 is 46.6 Å². The normalized spacial score (nSPS) is 19.5. The number of halogens is 2. The number of nitrogens with two attached hydrogens (primary N) is 1. The Bertz CT molecular complexity index is 805. The molecule has 1 amide bonds. The lowest BCUT2D eigenvalue weighted by Gasteiger charge is -2.33. The number of carbonyl (C=O) groups is 1. The summed E-state index contributed by atoms with van der Waals surface area (Å²) in [5, 5.41) is 7.52. The van der Waals surface area contributed by atoms with Crippen molar-refractivity contribution in [1.29, 1.82) is 0 Å². The first kappa shape index (κ1) is 17.0. The minimum absolute atomic E-state index is 0.395. The molecule has 0 radical (unpaired) electrons. The largest absolute Gasteiger partial charge is 0.365 e. The predicted octanol–water partition coefficient (Wildman–Crippen LogP) is 3.58. The topological polar surface area (TPSA) is 80.0 Å². The molecule has 0 spiro atoms. The van der Waals surface area contributed by atoms with Gasteiger partial charge in [-0.15, -0.1) is 0 Å². The number of benzene rings is 1. The van der Waals surface area contributed by atoms with Crippen molar-refractivity contribution in [1.82, 2.24) is 10.3 Å². The molecule has 24 heavy (non-hydrogen) atoms. The number of amides is 1. The minimum atomic E-state index is -0.873. The van der Waals surface area contributed by atoms with Crippen molar-refractivity contribution in [3.63, 3.8) is 0 Å². The summed E-state index contributed by atoms with van der Waals surface area (Å²) >= 11 is 13.6. The van der Waals surface area contributed by atoms with Gasteiger partial charge < -0.3 is 16.4 Å². The summed E-state index contributed by atoms with van der Waals surface area (Å²) in [6, 6.07) is 9.11. The van der Waals surface area contributed by atoms with E-state index < -0.39 is 10.9 Å². The molecular weight excluding hydrogens is 367 g/mol. The maximum atomic E-state index is 11.6. The van der Waals surface area contributed by atoms with E-state index in [0.717, 1.165) is 16.8 Å². The van der Waals surface area contributed by atoms with Gasteiger partial charge in [0.1, 0.15) is 5.15 Å². The molecule has 1 atom stereocenters. The van der Waals surface area contributed by atoms with Gasteiger partial charge in [0.25, 0.3) is 5.91 Å². The lowest BCUT2D eigenvalue weighted by atomic mass is 10.1. The van der Waals surface area contributed by atoms with Crippen LogP contribution in [0.3, 0.4) is 0 Å². The van der Waals surface area contributed by atoms with Crippen LogP contribution in [-0.2, 0) is 9.79 Å². The van der Waals surface area contributed by atoms with Crippen LogP contribution in [0, 0.1) is 6.92 Å². The number of carbonyl (C=O) groups excluding carboxylic acids is 1. The van der Waals surface area contributed by atoms with Gasteiger partial charge in [0, 0.05) is 16.8 Å². The summed E-state index contributed by atoms with van der Waals surface area (Å²) in [7, 11) is 0. The van der Waals surface area contributed by atoms with Gasteiger partial charge in [0.2, 0.25) is 0 Å². The predicted molar refractivity (Wildman–Crippen MR) is 98.7 cm³/mol. The van der Waals surface area contributed by atoms with E-state index in [1.165, 1.54) is 11.8 Å². The number of hydrogen-bond donors (Lipinski definition) is 3. The van der Waals surface area contributed by atoms with E-state index in [4.69, 9.17) is 28.9 Å². The zero-order valence-corrected chi connectivity index (χ0v) is 15.0. The van der Waals surface area contributed by atoms with Gasteiger partial charge in [-0.1, -0.05) is 47.1 Å². The van der Waals surface area contributed by atoms with Crippen molar-refractivity contribution in [3.05, 3.63) is 68.9 Å². The average molecular weight is 381 g/mol. The first-order chi connectivity index (χ1) is 11.4. The van der Waals surface area contributed by atoms with Crippen molar-refractivity contribution in [2.24, 2.45) is 5.73 Å². The van der Waals surface area contributed by atoms with Crippen molar-refractivity contribution in [2.75, 3.05) is 5.32 Å². The molecule has 0 saturated carbocycles. The second kappa shape index (κ2) is 6.55. The maximum absolute atomic E-state index is 11.6. The van der Waals surface area contributed by atoms with Crippen molar-refractivity contribution < 1.29 is 4.79 Å². The van der Waals surface area contributed by atoms with E-state index in [2.05, 4.69) is 15.6 Å². The number of primary amides is 1. The molecule has 1 unspecified atom stereocenters. The number of aromatic nitrogens is 1. The molecule has 1 aromatic carbocycles. The standard InChI is InChI=1S/C16H14Cl2N4OS/c1-9-3-2-4-11(17)14(9)16(21-8-12(24-16)15(19)23)22-10-5-6-13(18)20-7-10/h2-8,21-22H,1H3,(H2,19,23). The van der Waals surface area contributed by atoms with E-state index in [1.54, 1.807) is 30.6 Å². The highest BCUT2D eigenvalue weighted by atomic mass is 35.5.